The number of hydrogen-bond donors (Lipinski definition) is 0. The van der Waals surface area contributed by atoms with Crippen LogP contribution in [0, 0.1) is 0 Å². The number of rotatable bonds is 10. The number of esters is 1. The Bertz CT molecular complexity index is 930. The second kappa shape index (κ2) is 11.2. The van der Waals surface area contributed by atoms with E-state index in [1.54, 1.807) is 13.3 Å². The highest BCUT2D eigenvalue weighted by molar-refractivity contribution is 5.71. The summed E-state index contributed by atoms with van der Waals surface area (Å²) >= 11 is 0. The van der Waals surface area contributed by atoms with Crippen LogP contribution >= 0.6 is 0 Å². The fourth-order valence-corrected chi connectivity index (χ4v) is 3.77. The number of nitrogens with zero attached hydrogens (tertiary/aromatic N) is 2. The summed E-state index contributed by atoms with van der Waals surface area (Å²) in [5, 5.41) is 0. The number of methoxy groups -OCH3 is 1. The lowest BCUT2D eigenvalue weighted by molar-refractivity contribution is -0.143. The number of aromatic nitrogens is 1. The van der Waals surface area contributed by atoms with Gasteiger partial charge in [-0.05, 0) is 24.1 Å². The van der Waals surface area contributed by atoms with Gasteiger partial charge in [0.2, 0.25) is 5.88 Å². The molecule has 0 saturated heterocycles. The molecule has 3 aromatic rings. The summed E-state index contributed by atoms with van der Waals surface area (Å²) in [6.45, 7) is 5.01. The molecule has 3 rings (SSSR count). The van der Waals surface area contributed by atoms with Crippen molar-refractivity contribution in [3.05, 3.63) is 90.1 Å². The average molecular weight is 419 g/mol. The molecule has 2 aromatic carbocycles. The van der Waals surface area contributed by atoms with E-state index in [4.69, 9.17) is 9.47 Å². The average Bonchev–Trinajstić information content (AvgIpc) is 2.82. The first-order chi connectivity index (χ1) is 15.1. The number of carbonyl (C=O) groups excluding carboxylic acids is 1. The van der Waals surface area contributed by atoms with Crippen molar-refractivity contribution in [2.24, 2.45) is 0 Å². The van der Waals surface area contributed by atoms with Crippen molar-refractivity contribution in [1.29, 1.82) is 0 Å². The fourth-order valence-electron chi connectivity index (χ4n) is 3.77. The zero-order chi connectivity index (χ0) is 22.1. The highest BCUT2D eigenvalue weighted by Gasteiger charge is 2.29. The van der Waals surface area contributed by atoms with Crippen LogP contribution in [-0.4, -0.2) is 30.7 Å². The number of benzene rings is 2. The van der Waals surface area contributed by atoms with Crippen molar-refractivity contribution in [2.75, 3.05) is 18.6 Å². The molecule has 1 unspecified atom stereocenters. The van der Waals surface area contributed by atoms with E-state index < -0.39 is 0 Å². The molecule has 1 aromatic heterocycles. The van der Waals surface area contributed by atoms with E-state index in [9.17, 15) is 4.79 Å². The normalized spacial score (nSPS) is 12.6. The lowest BCUT2D eigenvalue weighted by atomic mass is 9.89. The number of pyridine rings is 1. The summed E-state index contributed by atoms with van der Waals surface area (Å²) < 4.78 is 10.6. The Kier molecular flexibility index (Phi) is 8.05. The Hall–Kier alpha value is -3.34. The van der Waals surface area contributed by atoms with Gasteiger partial charge in [-0.2, -0.15) is 0 Å². The molecule has 0 aliphatic carbocycles. The van der Waals surface area contributed by atoms with Crippen molar-refractivity contribution in [3.63, 3.8) is 0 Å². The molecule has 162 valence electrons. The van der Waals surface area contributed by atoms with Crippen LogP contribution in [0.25, 0.3) is 0 Å². The van der Waals surface area contributed by atoms with E-state index in [0.29, 0.717) is 19.0 Å². The van der Waals surface area contributed by atoms with Crippen LogP contribution in [0.1, 0.15) is 37.3 Å². The van der Waals surface area contributed by atoms with Gasteiger partial charge >= 0.3 is 5.97 Å². The topological polar surface area (TPSA) is 51.7 Å². The largest absolute Gasteiger partial charge is 0.481 e. The summed E-state index contributed by atoms with van der Waals surface area (Å²) in [6.07, 6.45) is 2.08. The molecule has 2 atom stereocenters. The summed E-state index contributed by atoms with van der Waals surface area (Å²) in [5.41, 5.74) is 3.27. The van der Waals surface area contributed by atoms with Crippen LogP contribution in [0.5, 0.6) is 5.88 Å². The Labute approximate surface area is 184 Å². The predicted molar refractivity (Wildman–Crippen MR) is 123 cm³/mol. The second-order valence-corrected chi connectivity index (χ2v) is 7.45. The summed E-state index contributed by atoms with van der Waals surface area (Å²) in [7, 11) is 1.60. The van der Waals surface area contributed by atoms with E-state index in [1.165, 1.54) is 5.56 Å². The lowest BCUT2D eigenvalue weighted by Crippen LogP contribution is -2.40. The highest BCUT2D eigenvalue weighted by Crippen LogP contribution is 2.31. The van der Waals surface area contributed by atoms with Crippen molar-refractivity contribution in [3.8, 4) is 5.88 Å². The molecule has 5 nitrogen and oxygen atoms in total. The molecule has 0 aliphatic heterocycles. The number of ether oxygens (including phenoxy) is 2. The van der Waals surface area contributed by atoms with Crippen LogP contribution in [0.3, 0.4) is 0 Å². The Morgan fingerprint density at radius 2 is 1.68 bits per heavy atom. The summed E-state index contributed by atoms with van der Waals surface area (Å²) in [5.74, 6) is 0.452. The number of hydrogen-bond acceptors (Lipinski definition) is 5. The van der Waals surface area contributed by atoms with Crippen molar-refractivity contribution in [1.82, 2.24) is 4.98 Å². The third-order valence-electron chi connectivity index (χ3n) is 5.44. The SMILES string of the molecule is CCOC(=O)C[C@H](C(C)c1ccccc1)N(Cc1ccccc1)c1ccc(OC)nc1. The maximum atomic E-state index is 12.6. The molecule has 0 amide bonds. The highest BCUT2D eigenvalue weighted by atomic mass is 16.5. The number of carbonyl (C=O) groups is 1. The van der Waals surface area contributed by atoms with E-state index >= 15 is 0 Å². The molecular weight excluding hydrogens is 388 g/mol. The Morgan fingerprint density at radius 3 is 2.26 bits per heavy atom. The number of anilines is 1. The third kappa shape index (κ3) is 6.07. The van der Waals surface area contributed by atoms with Gasteiger partial charge in [-0.15, -0.1) is 0 Å². The Morgan fingerprint density at radius 1 is 1.00 bits per heavy atom. The molecule has 0 fully saturated rings. The van der Waals surface area contributed by atoms with Gasteiger partial charge in [0.1, 0.15) is 0 Å². The monoisotopic (exact) mass is 418 g/mol. The van der Waals surface area contributed by atoms with Gasteiger partial charge in [-0.25, -0.2) is 4.98 Å². The van der Waals surface area contributed by atoms with Gasteiger partial charge in [0.15, 0.2) is 0 Å². The third-order valence-corrected chi connectivity index (χ3v) is 5.44. The molecule has 0 radical (unpaired) electrons. The molecule has 0 bridgehead atoms. The van der Waals surface area contributed by atoms with E-state index in [-0.39, 0.29) is 24.3 Å². The summed E-state index contributed by atoms with van der Waals surface area (Å²) in [4.78, 5) is 19.2. The van der Waals surface area contributed by atoms with Gasteiger partial charge in [-0.3, -0.25) is 4.79 Å². The molecule has 0 spiro atoms. The van der Waals surface area contributed by atoms with Gasteiger partial charge in [0.25, 0.3) is 0 Å². The minimum atomic E-state index is -0.199. The second-order valence-electron chi connectivity index (χ2n) is 7.45. The first kappa shape index (κ1) is 22.3. The van der Waals surface area contributed by atoms with Gasteiger partial charge in [-0.1, -0.05) is 67.6 Å². The van der Waals surface area contributed by atoms with Gasteiger partial charge in [0.05, 0.1) is 32.0 Å². The van der Waals surface area contributed by atoms with Crippen LogP contribution in [0.15, 0.2) is 79.0 Å². The summed E-state index contributed by atoms with van der Waals surface area (Å²) in [6, 6.07) is 24.3. The van der Waals surface area contributed by atoms with E-state index in [1.807, 2.05) is 55.5 Å². The molecule has 1 heterocycles. The molecular formula is C26H30N2O3. The van der Waals surface area contributed by atoms with Crippen LogP contribution in [0.2, 0.25) is 0 Å². The lowest BCUT2D eigenvalue weighted by Gasteiger charge is -2.37. The molecule has 0 N–H and O–H groups in total. The van der Waals surface area contributed by atoms with Gasteiger partial charge < -0.3 is 14.4 Å². The predicted octanol–water partition coefficient (Wildman–Crippen LogP) is 5.22. The molecule has 31 heavy (non-hydrogen) atoms. The minimum absolute atomic E-state index is 0.0939. The van der Waals surface area contributed by atoms with Gasteiger partial charge in [0, 0.05) is 24.6 Å². The fraction of sp³-hybridized carbons (Fsp3) is 0.308. The van der Waals surface area contributed by atoms with Crippen LogP contribution in [0.4, 0.5) is 5.69 Å². The standard InChI is InChI=1S/C26H30N2O3/c1-4-31-26(29)17-24(20(2)22-13-9-6-10-14-22)28(19-21-11-7-5-8-12-21)23-15-16-25(30-3)27-18-23/h5-16,18,20,24H,4,17,19H2,1-3H3/t20?,24-/m1/s1. The maximum absolute atomic E-state index is 12.6. The maximum Gasteiger partial charge on any atom is 0.307 e. The molecule has 5 heteroatoms. The van der Waals surface area contributed by atoms with Crippen molar-refractivity contribution in [2.45, 2.75) is 38.8 Å². The zero-order valence-electron chi connectivity index (χ0n) is 18.4. The zero-order valence-corrected chi connectivity index (χ0v) is 18.4. The van der Waals surface area contributed by atoms with E-state index in [0.717, 1.165) is 11.3 Å². The first-order valence-corrected chi connectivity index (χ1v) is 10.6. The van der Waals surface area contributed by atoms with E-state index in [2.05, 4.69) is 41.1 Å². The smallest absolute Gasteiger partial charge is 0.307 e. The Balaban J connectivity index is 2.02. The quantitative estimate of drug-likeness (QED) is 0.422. The first-order valence-electron chi connectivity index (χ1n) is 10.6. The van der Waals surface area contributed by atoms with Crippen molar-refractivity contribution < 1.29 is 14.3 Å². The molecule has 0 aliphatic rings. The van der Waals surface area contributed by atoms with Crippen molar-refractivity contribution >= 4 is 11.7 Å². The molecule has 0 saturated carbocycles. The van der Waals surface area contributed by atoms with Crippen LogP contribution < -0.4 is 9.64 Å². The minimum Gasteiger partial charge on any atom is -0.481 e. The van der Waals surface area contributed by atoms with Crippen LogP contribution in [-0.2, 0) is 16.1 Å².